The van der Waals surface area contributed by atoms with Crippen molar-refractivity contribution in [3.63, 3.8) is 0 Å². The highest BCUT2D eigenvalue weighted by Gasteiger charge is 2.29. The zero-order valence-corrected chi connectivity index (χ0v) is 9.23. The van der Waals surface area contributed by atoms with Crippen molar-refractivity contribution in [3.8, 4) is 0 Å². The van der Waals surface area contributed by atoms with Crippen LogP contribution in [0.3, 0.4) is 0 Å². The number of benzene rings is 1. The van der Waals surface area contributed by atoms with E-state index in [0.717, 1.165) is 19.4 Å². The molecule has 3 atom stereocenters. The normalized spacial score (nSPS) is 27.9. The molecule has 1 aromatic rings. The molecule has 1 aliphatic heterocycles. The van der Waals surface area contributed by atoms with E-state index in [9.17, 15) is 0 Å². The highest BCUT2D eigenvalue weighted by atomic mass is 16.5. The van der Waals surface area contributed by atoms with E-state index >= 15 is 0 Å². The molecule has 0 spiro atoms. The van der Waals surface area contributed by atoms with Gasteiger partial charge in [0.15, 0.2) is 0 Å². The van der Waals surface area contributed by atoms with E-state index in [0.29, 0.717) is 5.92 Å². The molecule has 1 heterocycles. The lowest BCUT2D eigenvalue weighted by Gasteiger charge is -2.22. The van der Waals surface area contributed by atoms with Gasteiger partial charge in [0, 0.05) is 12.6 Å². The van der Waals surface area contributed by atoms with E-state index < -0.39 is 0 Å². The molecule has 1 saturated heterocycles. The van der Waals surface area contributed by atoms with Crippen LogP contribution >= 0.6 is 0 Å². The number of hydrogen-bond acceptors (Lipinski definition) is 2. The Kier molecular flexibility index (Phi) is 3.39. The van der Waals surface area contributed by atoms with Crippen molar-refractivity contribution in [1.29, 1.82) is 0 Å². The molecular formula is C13H19NO. The molecule has 0 saturated carbocycles. The van der Waals surface area contributed by atoms with Crippen LogP contribution in [0.15, 0.2) is 30.3 Å². The summed E-state index contributed by atoms with van der Waals surface area (Å²) in [6.07, 6.45) is 2.30. The van der Waals surface area contributed by atoms with Crippen molar-refractivity contribution >= 4 is 0 Å². The van der Waals surface area contributed by atoms with Gasteiger partial charge in [-0.3, -0.25) is 0 Å². The molecule has 1 aliphatic rings. The Bertz CT molecular complexity index is 299. The van der Waals surface area contributed by atoms with Crippen LogP contribution in [0, 0.1) is 5.92 Å². The van der Waals surface area contributed by atoms with Gasteiger partial charge in [-0.05, 0) is 24.3 Å². The third kappa shape index (κ3) is 2.58. The van der Waals surface area contributed by atoms with Crippen LogP contribution in [-0.4, -0.2) is 18.8 Å². The standard InChI is InChI=1S/C13H19NO/c1-10-7-8-15-13(10)12(14)9-11-5-3-2-4-6-11/h2-6,10,12-13H,7-9,14H2,1H3. The summed E-state index contributed by atoms with van der Waals surface area (Å²) >= 11 is 0. The zero-order valence-electron chi connectivity index (χ0n) is 9.23. The van der Waals surface area contributed by atoms with Crippen molar-refractivity contribution in [3.05, 3.63) is 35.9 Å². The Morgan fingerprint density at radius 2 is 2.13 bits per heavy atom. The fourth-order valence-corrected chi connectivity index (χ4v) is 2.27. The van der Waals surface area contributed by atoms with E-state index in [1.165, 1.54) is 5.56 Å². The molecule has 2 nitrogen and oxygen atoms in total. The van der Waals surface area contributed by atoms with Gasteiger partial charge in [-0.2, -0.15) is 0 Å². The predicted molar refractivity (Wildman–Crippen MR) is 61.6 cm³/mol. The Morgan fingerprint density at radius 1 is 1.40 bits per heavy atom. The fourth-order valence-electron chi connectivity index (χ4n) is 2.27. The summed E-state index contributed by atoms with van der Waals surface area (Å²) in [5.41, 5.74) is 7.48. The minimum absolute atomic E-state index is 0.130. The smallest absolute Gasteiger partial charge is 0.0755 e. The average molecular weight is 205 g/mol. The second kappa shape index (κ2) is 4.77. The molecule has 2 N–H and O–H groups in total. The predicted octanol–water partition coefficient (Wildman–Crippen LogP) is 1.98. The molecule has 1 fully saturated rings. The van der Waals surface area contributed by atoms with Crippen molar-refractivity contribution in [2.24, 2.45) is 11.7 Å². The SMILES string of the molecule is CC1CCOC1C(N)Cc1ccccc1. The van der Waals surface area contributed by atoms with Gasteiger partial charge in [0.05, 0.1) is 6.10 Å². The Balaban J connectivity index is 1.94. The molecule has 15 heavy (non-hydrogen) atoms. The lowest BCUT2D eigenvalue weighted by atomic mass is 9.94. The Labute approximate surface area is 91.4 Å². The van der Waals surface area contributed by atoms with Gasteiger partial charge in [0.1, 0.15) is 0 Å². The van der Waals surface area contributed by atoms with Crippen LogP contribution in [0.25, 0.3) is 0 Å². The van der Waals surface area contributed by atoms with E-state index in [4.69, 9.17) is 10.5 Å². The van der Waals surface area contributed by atoms with Gasteiger partial charge >= 0.3 is 0 Å². The Morgan fingerprint density at radius 3 is 2.73 bits per heavy atom. The van der Waals surface area contributed by atoms with Crippen LogP contribution in [0.4, 0.5) is 0 Å². The maximum absolute atomic E-state index is 6.18. The molecule has 0 aliphatic carbocycles. The molecule has 0 radical (unpaired) electrons. The van der Waals surface area contributed by atoms with Crippen LogP contribution in [-0.2, 0) is 11.2 Å². The van der Waals surface area contributed by atoms with E-state index in [-0.39, 0.29) is 12.1 Å². The molecule has 3 unspecified atom stereocenters. The van der Waals surface area contributed by atoms with Gasteiger partial charge in [0.2, 0.25) is 0 Å². The zero-order chi connectivity index (χ0) is 10.7. The summed E-state index contributed by atoms with van der Waals surface area (Å²) in [7, 11) is 0. The summed E-state index contributed by atoms with van der Waals surface area (Å²) in [5, 5.41) is 0. The first-order valence-electron chi connectivity index (χ1n) is 5.68. The number of nitrogens with two attached hydrogens (primary N) is 1. The van der Waals surface area contributed by atoms with Crippen molar-refractivity contribution in [2.75, 3.05) is 6.61 Å². The van der Waals surface area contributed by atoms with Crippen LogP contribution in [0.5, 0.6) is 0 Å². The van der Waals surface area contributed by atoms with Gasteiger partial charge in [-0.1, -0.05) is 37.3 Å². The molecule has 2 heteroatoms. The largest absolute Gasteiger partial charge is 0.376 e. The van der Waals surface area contributed by atoms with Crippen LogP contribution in [0.1, 0.15) is 18.9 Å². The van der Waals surface area contributed by atoms with Gasteiger partial charge < -0.3 is 10.5 Å². The van der Waals surface area contributed by atoms with Crippen LogP contribution in [0.2, 0.25) is 0 Å². The maximum atomic E-state index is 6.18. The van der Waals surface area contributed by atoms with E-state index in [1.54, 1.807) is 0 Å². The molecule has 2 rings (SSSR count). The fraction of sp³-hybridized carbons (Fsp3) is 0.538. The van der Waals surface area contributed by atoms with Gasteiger partial charge in [-0.15, -0.1) is 0 Å². The topological polar surface area (TPSA) is 35.2 Å². The summed E-state index contributed by atoms with van der Waals surface area (Å²) in [5.74, 6) is 0.601. The number of rotatable bonds is 3. The summed E-state index contributed by atoms with van der Waals surface area (Å²) in [6, 6.07) is 10.5. The van der Waals surface area contributed by atoms with Gasteiger partial charge in [-0.25, -0.2) is 0 Å². The quantitative estimate of drug-likeness (QED) is 0.819. The maximum Gasteiger partial charge on any atom is 0.0755 e. The lowest BCUT2D eigenvalue weighted by molar-refractivity contribution is 0.0726. The summed E-state index contributed by atoms with van der Waals surface area (Å²) < 4.78 is 5.67. The molecule has 0 aromatic heterocycles. The molecular weight excluding hydrogens is 186 g/mol. The van der Waals surface area contributed by atoms with E-state index in [1.807, 2.05) is 6.07 Å². The molecule has 1 aromatic carbocycles. The summed E-state index contributed by atoms with van der Waals surface area (Å²) in [4.78, 5) is 0. The van der Waals surface area contributed by atoms with Crippen molar-refractivity contribution in [2.45, 2.75) is 31.9 Å². The van der Waals surface area contributed by atoms with Crippen LogP contribution < -0.4 is 5.73 Å². The van der Waals surface area contributed by atoms with E-state index in [2.05, 4.69) is 31.2 Å². The number of ether oxygens (including phenoxy) is 1. The average Bonchev–Trinajstić information content (AvgIpc) is 2.66. The van der Waals surface area contributed by atoms with Gasteiger partial charge in [0.25, 0.3) is 0 Å². The highest BCUT2D eigenvalue weighted by molar-refractivity contribution is 5.16. The first kappa shape index (κ1) is 10.7. The molecule has 82 valence electrons. The highest BCUT2D eigenvalue weighted by Crippen LogP contribution is 2.23. The second-order valence-corrected chi connectivity index (χ2v) is 4.45. The summed E-state index contributed by atoms with van der Waals surface area (Å²) in [6.45, 7) is 3.09. The Hall–Kier alpha value is -0.860. The molecule has 0 amide bonds. The third-order valence-corrected chi connectivity index (χ3v) is 3.18. The molecule has 0 bridgehead atoms. The third-order valence-electron chi connectivity index (χ3n) is 3.18. The first-order chi connectivity index (χ1) is 7.27. The minimum Gasteiger partial charge on any atom is -0.376 e. The first-order valence-corrected chi connectivity index (χ1v) is 5.68. The van der Waals surface area contributed by atoms with Crippen molar-refractivity contribution in [1.82, 2.24) is 0 Å². The van der Waals surface area contributed by atoms with Crippen molar-refractivity contribution < 1.29 is 4.74 Å². The monoisotopic (exact) mass is 205 g/mol. The number of hydrogen-bond donors (Lipinski definition) is 1. The lowest BCUT2D eigenvalue weighted by Crippen LogP contribution is -2.39. The minimum atomic E-state index is 0.130. The second-order valence-electron chi connectivity index (χ2n) is 4.45.